The van der Waals surface area contributed by atoms with E-state index in [0.717, 1.165) is 16.8 Å². The number of fused-ring (bicyclic) bond motifs is 11. The van der Waals surface area contributed by atoms with Crippen LogP contribution in [-0.2, 0) is 0 Å². The number of rotatable bonds is 2. The van der Waals surface area contributed by atoms with Gasteiger partial charge in [0.1, 0.15) is 0 Å². The number of hydrogen-bond donors (Lipinski definition) is 0. The summed E-state index contributed by atoms with van der Waals surface area (Å²) < 4.78 is 2.54. The smallest absolute Gasteiger partial charge is 0.0902 e. The normalized spacial score (nSPS) is 11.9. The second-order valence-corrected chi connectivity index (χ2v) is 11.8. The van der Waals surface area contributed by atoms with Gasteiger partial charge in [-0.2, -0.15) is 0 Å². The molecule has 0 fully saturated rings. The number of aromatic nitrogens is 1. The first kappa shape index (κ1) is 22.7. The van der Waals surface area contributed by atoms with Crippen molar-refractivity contribution in [1.29, 1.82) is 0 Å². The zero-order valence-corrected chi connectivity index (χ0v) is 23.0. The van der Waals surface area contributed by atoms with E-state index in [2.05, 4.69) is 140 Å². The zero-order valence-electron chi connectivity index (χ0n) is 22.1. The molecule has 0 aliphatic carbocycles. The summed E-state index contributed by atoms with van der Waals surface area (Å²) in [6, 6.07) is 50.6. The van der Waals surface area contributed by atoms with Crippen LogP contribution < -0.4 is 0 Å². The Balaban J connectivity index is 1.22. The minimum absolute atomic E-state index is 1.04. The quantitative estimate of drug-likeness (QED) is 0.200. The van der Waals surface area contributed by atoms with E-state index in [1.165, 1.54) is 69.0 Å². The van der Waals surface area contributed by atoms with Gasteiger partial charge in [0.25, 0.3) is 0 Å². The van der Waals surface area contributed by atoms with Gasteiger partial charge in [-0.1, -0.05) is 127 Å². The first-order valence-electron chi connectivity index (χ1n) is 14.0. The van der Waals surface area contributed by atoms with Crippen molar-refractivity contribution >= 4 is 74.7 Å². The van der Waals surface area contributed by atoms with E-state index < -0.39 is 0 Å². The fourth-order valence-corrected chi connectivity index (χ4v) is 7.69. The molecule has 9 aromatic rings. The maximum atomic E-state index is 5.28. The molecule has 0 N–H and O–H groups in total. The van der Waals surface area contributed by atoms with Crippen LogP contribution in [0.2, 0.25) is 0 Å². The third-order valence-corrected chi connectivity index (χ3v) is 9.65. The summed E-state index contributed by atoms with van der Waals surface area (Å²) in [5.41, 5.74) is 5.70. The largest absolute Gasteiger partial charge is 0.246 e. The van der Waals surface area contributed by atoms with E-state index >= 15 is 0 Å². The molecule has 2 aromatic heterocycles. The van der Waals surface area contributed by atoms with E-state index in [1.807, 2.05) is 11.3 Å². The predicted octanol–water partition coefficient (Wildman–Crippen LogP) is 11.4. The lowest BCUT2D eigenvalue weighted by Gasteiger charge is -2.12. The van der Waals surface area contributed by atoms with Crippen molar-refractivity contribution in [3.8, 4) is 22.4 Å². The number of benzene rings is 7. The number of thiophene rings is 1. The van der Waals surface area contributed by atoms with Crippen LogP contribution in [0.5, 0.6) is 0 Å². The Labute approximate surface area is 240 Å². The van der Waals surface area contributed by atoms with Crippen molar-refractivity contribution in [3.05, 3.63) is 140 Å². The summed E-state index contributed by atoms with van der Waals surface area (Å²) in [6.45, 7) is 0. The lowest BCUT2D eigenvalue weighted by atomic mass is 9.92. The molecule has 0 radical (unpaired) electrons. The molecule has 0 aliphatic rings. The van der Waals surface area contributed by atoms with Crippen LogP contribution in [0.15, 0.2) is 140 Å². The average Bonchev–Trinajstić information content (AvgIpc) is 3.43. The molecule has 1 nitrogen and oxygen atoms in total. The summed E-state index contributed by atoms with van der Waals surface area (Å²) in [7, 11) is 0. The van der Waals surface area contributed by atoms with Gasteiger partial charge in [0.15, 0.2) is 0 Å². The van der Waals surface area contributed by atoms with Crippen molar-refractivity contribution in [2.75, 3.05) is 0 Å². The maximum absolute atomic E-state index is 5.28. The molecule has 41 heavy (non-hydrogen) atoms. The molecule has 9 rings (SSSR count). The van der Waals surface area contributed by atoms with E-state index in [9.17, 15) is 0 Å². The fraction of sp³-hybridized carbons (Fsp3) is 0. The van der Waals surface area contributed by atoms with E-state index in [-0.39, 0.29) is 0 Å². The molecular formula is C39H23NS. The van der Waals surface area contributed by atoms with Crippen LogP contribution in [0, 0.1) is 0 Å². The minimum atomic E-state index is 1.04. The van der Waals surface area contributed by atoms with Gasteiger partial charge in [-0.3, -0.25) is 0 Å². The molecule has 7 aromatic carbocycles. The van der Waals surface area contributed by atoms with Crippen LogP contribution in [0.3, 0.4) is 0 Å². The molecule has 0 amide bonds. The van der Waals surface area contributed by atoms with Crippen LogP contribution in [0.25, 0.3) is 85.8 Å². The maximum Gasteiger partial charge on any atom is 0.0902 e. The van der Waals surface area contributed by atoms with Gasteiger partial charge in [-0.15, -0.1) is 11.3 Å². The molecule has 0 saturated carbocycles. The molecular weight excluding hydrogens is 515 g/mol. The van der Waals surface area contributed by atoms with Crippen LogP contribution in [0.4, 0.5) is 0 Å². The highest BCUT2D eigenvalue weighted by atomic mass is 32.1. The molecule has 0 saturated heterocycles. The molecule has 0 spiro atoms. The number of pyridine rings is 1. The SMILES string of the molecule is c1ccc2c(c1)sc1c3ccccc3c(-c3ccc(-c4ccc5c6ccccc6c6ccccc6c5c4)cc3)nc21. The van der Waals surface area contributed by atoms with Crippen LogP contribution >= 0.6 is 11.3 Å². The summed E-state index contributed by atoms with van der Waals surface area (Å²) in [5.74, 6) is 0. The highest BCUT2D eigenvalue weighted by molar-refractivity contribution is 7.26. The van der Waals surface area contributed by atoms with Gasteiger partial charge in [-0.25, -0.2) is 4.98 Å². The summed E-state index contributed by atoms with van der Waals surface area (Å²) in [5, 5.41) is 11.5. The first-order valence-corrected chi connectivity index (χ1v) is 14.8. The van der Waals surface area contributed by atoms with E-state index in [0.29, 0.717) is 0 Å². The van der Waals surface area contributed by atoms with Gasteiger partial charge >= 0.3 is 0 Å². The van der Waals surface area contributed by atoms with Gasteiger partial charge in [-0.05, 0) is 55.6 Å². The molecule has 0 aliphatic heterocycles. The molecule has 0 unspecified atom stereocenters. The van der Waals surface area contributed by atoms with Crippen LogP contribution in [0.1, 0.15) is 0 Å². The average molecular weight is 538 g/mol. The number of nitrogens with zero attached hydrogens (tertiary/aromatic N) is 1. The third kappa shape index (κ3) is 3.38. The Morgan fingerprint density at radius 1 is 0.366 bits per heavy atom. The Hall–Kier alpha value is -5.05. The standard InChI is InChI=1S/C39H23NS/c1-2-11-29-27(9-1)28-10-3-4-12-30(28)35-23-26(21-22-31(29)35)24-17-19-25(20-18-24)37-32-13-5-6-14-33(32)39-38(40-37)34-15-7-8-16-36(34)41-39/h1-23H. The molecule has 0 atom stereocenters. The third-order valence-electron chi connectivity index (χ3n) is 8.46. The topological polar surface area (TPSA) is 12.9 Å². The van der Waals surface area contributed by atoms with Gasteiger partial charge < -0.3 is 0 Å². The summed E-state index contributed by atoms with van der Waals surface area (Å²) in [4.78, 5) is 5.28. The van der Waals surface area contributed by atoms with E-state index in [4.69, 9.17) is 4.98 Å². The number of hydrogen-bond acceptors (Lipinski definition) is 2. The molecule has 2 heteroatoms. The minimum Gasteiger partial charge on any atom is -0.246 e. The first-order chi connectivity index (χ1) is 20.3. The molecule has 0 bridgehead atoms. The highest BCUT2D eigenvalue weighted by Crippen LogP contribution is 2.41. The van der Waals surface area contributed by atoms with Crippen molar-refractivity contribution in [1.82, 2.24) is 4.98 Å². The van der Waals surface area contributed by atoms with Crippen molar-refractivity contribution in [2.45, 2.75) is 0 Å². The Morgan fingerprint density at radius 2 is 0.854 bits per heavy atom. The van der Waals surface area contributed by atoms with Gasteiger partial charge in [0.05, 0.1) is 15.9 Å². The van der Waals surface area contributed by atoms with Gasteiger partial charge in [0.2, 0.25) is 0 Å². The van der Waals surface area contributed by atoms with Crippen molar-refractivity contribution < 1.29 is 0 Å². The summed E-state index contributed by atoms with van der Waals surface area (Å²) in [6.07, 6.45) is 0. The second-order valence-electron chi connectivity index (χ2n) is 10.7. The monoisotopic (exact) mass is 537 g/mol. The van der Waals surface area contributed by atoms with Gasteiger partial charge in [0, 0.05) is 26.4 Å². The Morgan fingerprint density at radius 3 is 1.54 bits per heavy atom. The van der Waals surface area contributed by atoms with E-state index in [1.54, 1.807) is 0 Å². The Kier molecular flexibility index (Phi) is 4.84. The second kappa shape index (κ2) is 8.72. The lowest BCUT2D eigenvalue weighted by Crippen LogP contribution is -1.88. The summed E-state index contributed by atoms with van der Waals surface area (Å²) >= 11 is 1.83. The zero-order chi connectivity index (χ0) is 26.9. The van der Waals surface area contributed by atoms with Crippen LogP contribution in [-0.4, -0.2) is 4.98 Å². The lowest BCUT2D eigenvalue weighted by molar-refractivity contribution is 1.45. The molecule has 190 valence electrons. The molecule has 2 heterocycles. The fourth-order valence-electron chi connectivity index (χ4n) is 6.51. The van der Waals surface area contributed by atoms with Crippen molar-refractivity contribution in [3.63, 3.8) is 0 Å². The highest BCUT2D eigenvalue weighted by Gasteiger charge is 2.15. The Bertz CT molecular complexity index is 2430. The van der Waals surface area contributed by atoms with Crippen molar-refractivity contribution in [2.24, 2.45) is 0 Å². The predicted molar refractivity (Wildman–Crippen MR) is 178 cm³/mol.